The lowest BCUT2D eigenvalue weighted by molar-refractivity contribution is -0.141. The van der Waals surface area contributed by atoms with E-state index in [0.717, 1.165) is 3.57 Å². The SMILES string of the molecule is CCOC(=O)CNC(=O)c1cccc(I)c1. The van der Waals surface area contributed by atoms with Gasteiger partial charge in [0, 0.05) is 9.13 Å². The smallest absolute Gasteiger partial charge is 0.325 e. The number of rotatable bonds is 4. The van der Waals surface area contributed by atoms with Gasteiger partial charge in [-0.2, -0.15) is 0 Å². The van der Waals surface area contributed by atoms with Crippen molar-refractivity contribution < 1.29 is 14.3 Å². The molecule has 0 aliphatic rings. The van der Waals surface area contributed by atoms with E-state index in [1.807, 2.05) is 6.07 Å². The van der Waals surface area contributed by atoms with E-state index >= 15 is 0 Å². The highest BCUT2D eigenvalue weighted by Gasteiger charge is 2.08. The third kappa shape index (κ3) is 4.18. The predicted molar refractivity (Wildman–Crippen MR) is 68.1 cm³/mol. The molecule has 1 amide bonds. The molecule has 0 aromatic heterocycles. The second kappa shape index (κ2) is 6.47. The van der Waals surface area contributed by atoms with Crippen molar-refractivity contribution in [3.8, 4) is 0 Å². The summed E-state index contributed by atoms with van der Waals surface area (Å²) in [6.07, 6.45) is 0. The number of hydrogen-bond acceptors (Lipinski definition) is 3. The van der Waals surface area contributed by atoms with Crippen molar-refractivity contribution in [2.24, 2.45) is 0 Å². The van der Waals surface area contributed by atoms with Crippen LogP contribution in [0.25, 0.3) is 0 Å². The topological polar surface area (TPSA) is 55.4 Å². The maximum Gasteiger partial charge on any atom is 0.325 e. The van der Waals surface area contributed by atoms with Crippen molar-refractivity contribution in [1.82, 2.24) is 5.32 Å². The van der Waals surface area contributed by atoms with Gasteiger partial charge in [0.05, 0.1) is 6.61 Å². The number of ether oxygens (including phenoxy) is 1. The Morgan fingerprint density at radius 2 is 2.19 bits per heavy atom. The van der Waals surface area contributed by atoms with E-state index in [4.69, 9.17) is 4.74 Å². The number of carbonyl (C=O) groups is 2. The van der Waals surface area contributed by atoms with E-state index in [2.05, 4.69) is 27.9 Å². The highest BCUT2D eigenvalue weighted by Crippen LogP contribution is 2.07. The molecule has 1 aromatic rings. The minimum atomic E-state index is -0.429. The predicted octanol–water partition coefficient (Wildman–Crippen LogP) is 1.58. The number of nitrogens with one attached hydrogen (secondary N) is 1. The third-order valence-electron chi connectivity index (χ3n) is 1.79. The molecule has 0 aliphatic carbocycles. The van der Waals surface area contributed by atoms with E-state index in [-0.39, 0.29) is 12.5 Å². The van der Waals surface area contributed by atoms with Crippen LogP contribution < -0.4 is 5.32 Å². The van der Waals surface area contributed by atoms with Gasteiger partial charge in [0.15, 0.2) is 0 Å². The molecular formula is C11H12INO3. The van der Waals surface area contributed by atoms with Crippen LogP contribution in [-0.2, 0) is 9.53 Å². The number of halogens is 1. The summed E-state index contributed by atoms with van der Waals surface area (Å²) >= 11 is 2.12. The molecule has 0 unspecified atom stereocenters. The molecule has 0 spiro atoms. The Hall–Kier alpha value is -1.11. The van der Waals surface area contributed by atoms with Crippen molar-refractivity contribution in [1.29, 1.82) is 0 Å². The van der Waals surface area contributed by atoms with Gasteiger partial charge in [-0.05, 0) is 47.7 Å². The van der Waals surface area contributed by atoms with Crippen LogP contribution in [0.3, 0.4) is 0 Å². The van der Waals surface area contributed by atoms with Gasteiger partial charge < -0.3 is 10.1 Å². The lowest BCUT2D eigenvalue weighted by Gasteiger charge is -2.05. The van der Waals surface area contributed by atoms with Gasteiger partial charge in [0.1, 0.15) is 6.54 Å². The molecule has 0 aliphatic heterocycles. The van der Waals surface area contributed by atoms with Crippen molar-refractivity contribution in [3.05, 3.63) is 33.4 Å². The van der Waals surface area contributed by atoms with Gasteiger partial charge in [-0.25, -0.2) is 0 Å². The fraction of sp³-hybridized carbons (Fsp3) is 0.273. The Balaban J connectivity index is 2.50. The first kappa shape index (κ1) is 13.0. The highest BCUT2D eigenvalue weighted by atomic mass is 127. The standard InChI is InChI=1S/C11H12INO3/c1-2-16-10(14)7-13-11(15)8-4-3-5-9(12)6-8/h3-6H,2,7H2,1H3,(H,13,15). The van der Waals surface area contributed by atoms with Crippen molar-refractivity contribution in [3.63, 3.8) is 0 Å². The van der Waals surface area contributed by atoms with Crippen LogP contribution in [0.5, 0.6) is 0 Å². The minimum absolute atomic E-state index is 0.0991. The lowest BCUT2D eigenvalue weighted by Crippen LogP contribution is -2.30. The summed E-state index contributed by atoms with van der Waals surface area (Å²) in [7, 11) is 0. The van der Waals surface area contributed by atoms with E-state index < -0.39 is 5.97 Å². The molecule has 0 saturated heterocycles. The molecule has 16 heavy (non-hydrogen) atoms. The fourth-order valence-electron chi connectivity index (χ4n) is 1.10. The summed E-state index contributed by atoms with van der Waals surface area (Å²) in [6, 6.07) is 7.13. The first-order valence-electron chi connectivity index (χ1n) is 4.83. The van der Waals surface area contributed by atoms with Crippen LogP contribution in [0, 0.1) is 3.57 Å². The Morgan fingerprint density at radius 1 is 1.44 bits per heavy atom. The van der Waals surface area contributed by atoms with Crippen LogP contribution in [0.2, 0.25) is 0 Å². The first-order chi connectivity index (χ1) is 7.63. The fourth-order valence-corrected chi connectivity index (χ4v) is 1.64. The molecule has 0 saturated carbocycles. The van der Waals surface area contributed by atoms with Crippen LogP contribution >= 0.6 is 22.6 Å². The zero-order valence-electron chi connectivity index (χ0n) is 8.83. The van der Waals surface area contributed by atoms with Crippen molar-refractivity contribution in [2.75, 3.05) is 13.2 Å². The van der Waals surface area contributed by atoms with Crippen molar-refractivity contribution >= 4 is 34.5 Å². The van der Waals surface area contributed by atoms with Gasteiger partial charge in [0.2, 0.25) is 0 Å². The van der Waals surface area contributed by atoms with E-state index in [0.29, 0.717) is 12.2 Å². The van der Waals surface area contributed by atoms with E-state index in [9.17, 15) is 9.59 Å². The number of amides is 1. The molecule has 1 aromatic carbocycles. The van der Waals surface area contributed by atoms with Crippen LogP contribution in [-0.4, -0.2) is 25.0 Å². The summed E-state index contributed by atoms with van der Waals surface area (Å²) in [5, 5.41) is 2.49. The second-order valence-electron chi connectivity index (χ2n) is 3.00. The molecule has 0 bridgehead atoms. The van der Waals surface area contributed by atoms with Gasteiger partial charge in [0.25, 0.3) is 5.91 Å². The second-order valence-corrected chi connectivity index (χ2v) is 4.24. The monoisotopic (exact) mass is 333 g/mol. The Morgan fingerprint density at radius 3 is 2.81 bits per heavy atom. The zero-order valence-corrected chi connectivity index (χ0v) is 11.0. The van der Waals surface area contributed by atoms with Crippen LogP contribution in [0.1, 0.15) is 17.3 Å². The van der Waals surface area contributed by atoms with Gasteiger partial charge >= 0.3 is 5.97 Å². The molecule has 86 valence electrons. The van der Waals surface area contributed by atoms with E-state index in [1.54, 1.807) is 25.1 Å². The molecule has 0 heterocycles. The number of esters is 1. The van der Waals surface area contributed by atoms with Gasteiger partial charge in [-0.1, -0.05) is 6.07 Å². The summed E-state index contributed by atoms with van der Waals surface area (Å²) in [5.41, 5.74) is 0.538. The maximum absolute atomic E-state index is 11.6. The summed E-state index contributed by atoms with van der Waals surface area (Å²) < 4.78 is 5.67. The Bertz CT molecular complexity index is 393. The van der Waals surface area contributed by atoms with Crippen LogP contribution in [0.15, 0.2) is 24.3 Å². The molecule has 0 atom stereocenters. The number of hydrogen-bond donors (Lipinski definition) is 1. The minimum Gasteiger partial charge on any atom is -0.465 e. The molecule has 0 radical (unpaired) electrons. The highest BCUT2D eigenvalue weighted by molar-refractivity contribution is 14.1. The summed E-state index contributed by atoms with van der Waals surface area (Å²) in [6.45, 7) is 1.94. The molecule has 1 N–H and O–H groups in total. The zero-order chi connectivity index (χ0) is 12.0. The quantitative estimate of drug-likeness (QED) is 0.672. The van der Waals surface area contributed by atoms with Gasteiger partial charge in [-0.3, -0.25) is 9.59 Å². The molecule has 0 fully saturated rings. The Labute approximate surface area is 108 Å². The van der Waals surface area contributed by atoms with Crippen molar-refractivity contribution in [2.45, 2.75) is 6.92 Å². The van der Waals surface area contributed by atoms with Crippen LogP contribution in [0.4, 0.5) is 0 Å². The lowest BCUT2D eigenvalue weighted by atomic mass is 10.2. The first-order valence-corrected chi connectivity index (χ1v) is 5.90. The number of carbonyl (C=O) groups excluding carboxylic acids is 2. The average molecular weight is 333 g/mol. The molecule has 4 nitrogen and oxygen atoms in total. The number of benzene rings is 1. The Kier molecular flexibility index (Phi) is 5.24. The largest absolute Gasteiger partial charge is 0.465 e. The molecule has 5 heteroatoms. The summed E-state index contributed by atoms with van der Waals surface area (Å²) in [4.78, 5) is 22.6. The van der Waals surface area contributed by atoms with Gasteiger partial charge in [-0.15, -0.1) is 0 Å². The molecule has 1 rings (SSSR count). The maximum atomic E-state index is 11.6. The molecular weight excluding hydrogens is 321 g/mol. The third-order valence-corrected chi connectivity index (χ3v) is 2.46. The normalized spacial score (nSPS) is 9.62. The van der Waals surface area contributed by atoms with E-state index in [1.165, 1.54) is 0 Å². The summed E-state index contributed by atoms with van der Waals surface area (Å²) in [5.74, 6) is -0.701. The average Bonchev–Trinajstić information content (AvgIpc) is 2.26.